The Morgan fingerprint density at radius 1 is 0.791 bits per heavy atom. The molecule has 1 saturated heterocycles. The highest BCUT2D eigenvalue weighted by molar-refractivity contribution is 5.98. The van der Waals surface area contributed by atoms with Crippen LogP contribution in [-0.4, -0.2) is 129 Å². The number of amides is 6. The number of nitrogens with one attached hydrogen (secondary N) is 4. The molecule has 12 N–H and O–H groups in total. The lowest BCUT2D eigenvalue weighted by Crippen LogP contribution is -2.59. The fourth-order valence-corrected chi connectivity index (χ4v) is 3.93. The Labute approximate surface area is 243 Å². The van der Waals surface area contributed by atoms with E-state index in [0.29, 0.717) is 6.42 Å². The molecule has 1 aliphatic heterocycles. The summed E-state index contributed by atoms with van der Waals surface area (Å²) < 4.78 is 0. The van der Waals surface area contributed by atoms with Gasteiger partial charge in [-0.3, -0.25) is 38.4 Å². The van der Waals surface area contributed by atoms with Crippen LogP contribution in [0.2, 0.25) is 0 Å². The van der Waals surface area contributed by atoms with E-state index in [2.05, 4.69) is 10.6 Å². The molecular weight excluding hydrogens is 582 g/mol. The van der Waals surface area contributed by atoms with E-state index in [-0.39, 0.29) is 19.4 Å². The van der Waals surface area contributed by atoms with Gasteiger partial charge in [0, 0.05) is 13.0 Å². The number of primary amides is 1. The van der Waals surface area contributed by atoms with Gasteiger partial charge in [0.2, 0.25) is 35.4 Å². The lowest BCUT2D eigenvalue weighted by molar-refractivity contribution is -0.148. The summed E-state index contributed by atoms with van der Waals surface area (Å²) in [4.78, 5) is 109. The fourth-order valence-electron chi connectivity index (χ4n) is 3.93. The van der Waals surface area contributed by atoms with Crippen molar-refractivity contribution in [1.29, 1.82) is 0 Å². The minimum absolute atomic E-state index is 0.147. The SMILES string of the molecule is NC(=O)C[C@H](NC(=O)[C@@H](N)CCC(=O)O)C(=O)N[C@@H](CC(=O)O)C(=O)N[C@@H](CO)C(=O)NCC(=O)N1CCC[C@H]1C(=O)O. The van der Waals surface area contributed by atoms with Gasteiger partial charge in [-0.2, -0.15) is 0 Å². The number of nitrogens with zero attached hydrogens (tertiary/aromatic N) is 1. The summed E-state index contributed by atoms with van der Waals surface area (Å²) in [6, 6.07) is -7.89. The monoisotopic (exact) mass is 617 g/mol. The van der Waals surface area contributed by atoms with Crippen molar-refractivity contribution in [2.75, 3.05) is 19.7 Å². The minimum atomic E-state index is -1.91. The molecule has 20 heteroatoms. The average Bonchev–Trinajstić information content (AvgIpc) is 3.42. The van der Waals surface area contributed by atoms with Gasteiger partial charge in [-0.25, -0.2) is 4.79 Å². The normalized spacial score (nSPS) is 17.0. The van der Waals surface area contributed by atoms with Crippen LogP contribution in [0.5, 0.6) is 0 Å². The van der Waals surface area contributed by atoms with Crippen LogP contribution in [0.3, 0.4) is 0 Å². The van der Waals surface area contributed by atoms with E-state index in [1.165, 1.54) is 0 Å². The third-order valence-electron chi connectivity index (χ3n) is 6.14. The number of hydrogen-bond acceptors (Lipinski definition) is 11. The summed E-state index contributed by atoms with van der Waals surface area (Å²) in [7, 11) is 0. The van der Waals surface area contributed by atoms with E-state index >= 15 is 0 Å². The molecule has 6 amide bonds. The molecule has 0 unspecified atom stereocenters. The maximum atomic E-state index is 12.8. The van der Waals surface area contributed by atoms with E-state index in [1.807, 2.05) is 10.6 Å². The maximum absolute atomic E-state index is 12.8. The Balaban J connectivity index is 2.91. The van der Waals surface area contributed by atoms with Crippen LogP contribution in [0.1, 0.15) is 38.5 Å². The molecule has 240 valence electrons. The van der Waals surface area contributed by atoms with Gasteiger partial charge in [0.25, 0.3) is 0 Å². The summed E-state index contributed by atoms with van der Waals surface area (Å²) >= 11 is 0. The van der Waals surface area contributed by atoms with Gasteiger partial charge in [0.15, 0.2) is 0 Å². The number of carboxylic acid groups (broad SMARTS) is 3. The first-order chi connectivity index (χ1) is 20.1. The number of aliphatic carboxylic acids is 3. The number of likely N-dealkylation sites (tertiary alicyclic amines) is 1. The van der Waals surface area contributed by atoms with Gasteiger partial charge in [0.05, 0.1) is 32.0 Å². The molecule has 0 aliphatic carbocycles. The Morgan fingerprint density at radius 2 is 1.35 bits per heavy atom. The molecule has 0 aromatic rings. The first-order valence-corrected chi connectivity index (χ1v) is 12.9. The molecule has 0 aromatic carbocycles. The zero-order valence-electron chi connectivity index (χ0n) is 22.8. The highest BCUT2D eigenvalue weighted by Crippen LogP contribution is 2.17. The predicted molar refractivity (Wildman–Crippen MR) is 139 cm³/mol. The van der Waals surface area contributed by atoms with Gasteiger partial charge in [-0.1, -0.05) is 0 Å². The Hall–Kier alpha value is -4.85. The second kappa shape index (κ2) is 17.2. The van der Waals surface area contributed by atoms with E-state index in [4.69, 9.17) is 16.6 Å². The van der Waals surface area contributed by atoms with E-state index in [1.54, 1.807) is 0 Å². The number of nitrogens with two attached hydrogens (primary N) is 2. The highest BCUT2D eigenvalue weighted by Gasteiger charge is 2.35. The van der Waals surface area contributed by atoms with Crippen molar-refractivity contribution < 1.29 is 63.6 Å². The quantitative estimate of drug-likeness (QED) is 0.0685. The zero-order chi connectivity index (χ0) is 32.9. The van der Waals surface area contributed by atoms with Crippen LogP contribution in [0.25, 0.3) is 0 Å². The second-order valence-electron chi connectivity index (χ2n) is 9.47. The van der Waals surface area contributed by atoms with Gasteiger partial charge < -0.3 is 58.1 Å². The lowest BCUT2D eigenvalue weighted by Gasteiger charge is -2.25. The van der Waals surface area contributed by atoms with Gasteiger partial charge >= 0.3 is 17.9 Å². The predicted octanol–water partition coefficient (Wildman–Crippen LogP) is -5.83. The van der Waals surface area contributed by atoms with Crippen molar-refractivity contribution in [1.82, 2.24) is 26.2 Å². The third kappa shape index (κ3) is 12.3. The maximum Gasteiger partial charge on any atom is 0.326 e. The zero-order valence-corrected chi connectivity index (χ0v) is 22.8. The van der Waals surface area contributed by atoms with Gasteiger partial charge in [0.1, 0.15) is 24.2 Å². The standard InChI is InChI=1S/C23H35N7O13/c24-10(3-4-17(34)35)19(38)27-11(6-15(25)32)21(40)28-12(7-18(36)37)22(41)29-13(9-31)20(39)26-8-16(33)30-5-1-2-14(30)23(42)43/h10-14,31H,1-9,24H2,(H2,25,32)(H,26,39)(H,27,38)(H,28,40)(H,29,41)(H,34,35)(H,36,37)(H,42,43)/t10-,11-,12-,13-,14-/m0/s1. The van der Waals surface area contributed by atoms with Crippen LogP contribution in [0, 0.1) is 0 Å². The molecule has 0 spiro atoms. The summed E-state index contributed by atoms with van der Waals surface area (Å²) in [5.41, 5.74) is 10.7. The smallest absolute Gasteiger partial charge is 0.326 e. The topological polar surface area (TPSA) is 338 Å². The summed E-state index contributed by atoms with van der Waals surface area (Å²) in [5.74, 6) is -10.6. The molecule has 20 nitrogen and oxygen atoms in total. The molecule has 1 rings (SSSR count). The van der Waals surface area contributed by atoms with Crippen molar-refractivity contribution in [2.45, 2.75) is 68.7 Å². The van der Waals surface area contributed by atoms with Crippen LogP contribution < -0.4 is 32.7 Å². The van der Waals surface area contributed by atoms with Crippen LogP contribution >= 0.6 is 0 Å². The molecule has 0 saturated carbocycles. The van der Waals surface area contributed by atoms with Crippen molar-refractivity contribution in [3.63, 3.8) is 0 Å². The Kier molecular flexibility index (Phi) is 14.5. The highest BCUT2D eigenvalue weighted by atomic mass is 16.4. The van der Waals surface area contributed by atoms with E-state index in [0.717, 1.165) is 4.90 Å². The Morgan fingerprint density at radius 3 is 1.86 bits per heavy atom. The average molecular weight is 618 g/mol. The molecular formula is C23H35N7O13. The molecule has 5 atom stereocenters. The number of hydrogen-bond donors (Lipinski definition) is 10. The van der Waals surface area contributed by atoms with Crippen LogP contribution in [0.4, 0.5) is 0 Å². The Bertz CT molecular complexity index is 1120. The largest absolute Gasteiger partial charge is 0.481 e. The number of carbonyl (C=O) groups excluding carboxylic acids is 6. The second-order valence-corrected chi connectivity index (χ2v) is 9.47. The summed E-state index contributed by atoms with van der Waals surface area (Å²) in [6.45, 7) is -1.56. The van der Waals surface area contributed by atoms with Crippen LogP contribution in [0.15, 0.2) is 0 Å². The molecule has 1 heterocycles. The molecule has 0 bridgehead atoms. The first kappa shape index (κ1) is 36.2. The molecule has 1 fully saturated rings. The van der Waals surface area contributed by atoms with E-state index in [9.17, 15) is 58.5 Å². The number of carbonyl (C=O) groups is 9. The van der Waals surface area contributed by atoms with Crippen molar-refractivity contribution >= 4 is 53.4 Å². The minimum Gasteiger partial charge on any atom is -0.481 e. The van der Waals surface area contributed by atoms with Crippen LogP contribution in [-0.2, 0) is 43.2 Å². The van der Waals surface area contributed by atoms with Crippen molar-refractivity contribution in [3.05, 3.63) is 0 Å². The first-order valence-electron chi connectivity index (χ1n) is 12.9. The summed E-state index contributed by atoms with van der Waals surface area (Å²) in [6.07, 6.45) is -2.04. The van der Waals surface area contributed by atoms with Crippen molar-refractivity contribution in [2.24, 2.45) is 11.5 Å². The number of carboxylic acids is 3. The number of aliphatic hydroxyl groups excluding tert-OH is 1. The lowest BCUT2D eigenvalue weighted by atomic mass is 10.1. The number of rotatable bonds is 18. The third-order valence-corrected chi connectivity index (χ3v) is 6.14. The fraction of sp³-hybridized carbons (Fsp3) is 0.609. The number of aliphatic hydroxyl groups is 1. The van der Waals surface area contributed by atoms with Gasteiger partial charge in [-0.05, 0) is 19.3 Å². The van der Waals surface area contributed by atoms with E-state index < -0.39 is 116 Å². The molecule has 0 aromatic heterocycles. The van der Waals surface area contributed by atoms with Crippen molar-refractivity contribution in [3.8, 4) is 0 Å². The molecule has 0 radical (unpaired) electrons. The molecule has 43 heavy (non-hydrogen) atoms. The summed E-state index contributed by atoms with van der Waals surface area (Å²) in [5, 5.41) is 44.9. The van der Waals surface area contributed by atoms with Gasteiger partial charge in [-0.15, -0.1) is 0 Å². The molecule has 1 aliphatic rings.